The van der Waals surface area contributed by atoms with E-state index in [2.05, 4.69) is 11.9 Å². The molecule has 0 bridgehead atoms. The number of aromatic amines is 1. The number of halogens is 1. The van der Waals surface area contributed by atoms with Crippen molar-refractivity contribution in [2.24, 2.45) is 13.0 Å². The molecular formula is C20H25FN5O2+. The van der Waals surface area contributed by atoms with Crippen LogP contribution in [-0.4, -0.2) is 20.7 Å². The largest absolute Gasteiger partial charge is 0.364 e. The van der Waals surface area contributed by atoms with E-state index in [1.54, 1.807) is 19.2 Å². The van der Waals surface area contributed by atoms with Crippen LogP contribution in [0.25, 0.3) is 11.2 Å². The molecule has 1 aliphatic heterocycles. The third kappa shape index (κ3) is 2.83. The molecule has 7 nitrogen and oxygen atoms in total. The van der Waals surface area contributed by atoms with Crippen molar-refractivity contribution in [2.75, 3.05) is 11.4 Å². The highest BCUT2D eigenvalue weighted by molar-refractivity contribution is 5.70. The molecule has 3 aromatic rings. The molecule has 1 N–H and O–H groups in total. The second kappa shape index (κ2) is 6.92. The Morgan fingerprint density at radius 2 is 1.96 bits per heavy atom. The van der Waals surface area contributed by atoms with Gasteiger partial charge in [-0.1, -0.05) is 20.3 Å². The lowest BCUT2D eigenvalue weighted by Crippen LogP contribution is -2.52. The Labute approximate surface area is 161 Å². The fraction of sp³-hybridized carbons (Fsp3) is 0.450. The van der Waals surface area contributed by atoms with E-state index in [4.69, 9.17) is 0 Å². The fourth-order valence-corrected chi connectivity index (χ4v) is 3.94. The molecule has 148 valence electrons. The van der Waals surface area contributed by atoms with E-state index < -0.39 is 0 Å². The summed E-state index contributed by atoms with van der Waals surface area (Å²) in [4.78, 5) is 31.2. The van der Waals surface area contributed by atoms with Gasteiger partial charge in [-0.05, 0) is 30.7 Å². The van der Waals surface area contributed by atoms with Crippen LogP contribution in [0.15, 0.2) is 33.9 Å². The van der Waals surface area contributed by atoms with Gasteiger partial charge in [-0.25, -0.2) is 23.6 Å². The monoisotopic (exact) mass is 386 g/mol. The second-order valence-electron chi connectivity index (χ2n) is 7.60. The van der Waals surface area contributed by atoms with Crippen LogP contribution in [0.1, 0.15) is 26.7 Å². The van der Waals surface area contributed by atoms with Gasteiger partial charge < -0.3 is 0 Å². The number of H-pyrrole nitrogens is 1. The third-order valence-electron chi connectivity index (χ3n) is 5.40. The third-order valence-corrected chi connectivity index (χ3v) is 5.40. The molecule has 1 atom stereocenters. The molecule has 0 amide bonds. The zero-order chi connectivity index (χ0) is 20.0. The molecule has 0 fully saturated rings. The number of aromatic nitrogens is 4. The minimum Gasteiger partial charge on any atom is -0.267 e. The van der Waals surface area contributed by atoms with E-state index in [-0.39, 0.29) is 23.0 Å². The smallest absolute Gasteiger partial charge is 0.267 e. The molecule has 8 heteroatoms. The minimum atomic E-state index is -0.313. The maximum atomic E-state index is 13.4. The van der Waals surface area contributed by atoms with Crippen LogP contribution in [-0.2, 0) is 20.1 Å². The summed E-state index contributed by atoms with van der Waals surface area (Å²) in [7, 11) is 1.68. The Kier molecular flexibility index (Phi) is 4.56. The average molecular weight is 386 g/mol. The first-order valence-corrected chi connectivity index (χ1v) is 9.70. The lowest BCUT2D eigenvalue weighted by atomic mass is 10.1. The van der Waals surface area contributed by atoms with E-state index >= 15 is 0 Å². The summed E-state index contributed by atoms with van der Waals surface area (Å²) in [5, 5.41) is 0. The van der Waals surface area contributed by atoms with Gasteiger partial charge >= 0.3 is 11.6 Å². The van der Waals surface area contributed by atoms with E-state index in [0.717, 1.165) is 31.0 Å². The maximum absolute atomic E-state index is 13.4. The predicted octanol–water partition coefficient (Wildman–Crippen LogP) is 2.04. The van der Waals surface area contributed by atoms with E-state index in [0.29, 0.717) is 24.3 Å². The summed E-state index contributed by atoms with van der Waals surface area (Å²) in [6, 6.07) is 6.30. The van der Waals surface area contributed by atoms with Crippen molar-refractivity contribution in [1.82, 2.24) is 14.1 Å². The molecule has 1 aromatic carbocycles. The summed E-state index contributed by atoms with van der Waals surface area (Å²) in [5.41, 5.74) is 1.28. The Morgan fingerprint density at radius 1 is 1.25 bits per heavy atom. The van der Waals surface area contributed by atoms with Gasteiger partial charge in [-0.15, -0.1) is 0 Å². The van der Waals surface area contributed by atoms with Gasteiger partial charge in [0.2, 0.25) is 11.2 Å². The Morgan fingerprint density at radius 3 is 2.64 bits per heavy atom. The SMILES string of the molecule is CCCCn1c(=O)c2c([nH]c3[n+]2C[C@@H](C)CN3c2ccc(F)cc2)n(C)c1=O. The van der Waals surface area contributed by atoms with Crippen LogP contribution < -0.4 is 20.7 Å². The highest BCUT2D eigenvalue weighted by atomic mass is 19.1. The highest BCUT2D eigenvalue weighted by Gasteiger charge is 2.35. The van der Waals surface area contributed by atoms with Crippen LogP contribution in [0.3, 0.4) is 0 Å². The standard InChI is InChI=1S/C20H24FN5O2/c1-4-5-10-24-18(27)16-17(23(3)20(24)28)22-19-25(11-13(2)12-26(16)19)15-8-6-14(21)7-9-15/h6-9,13H,4-5,10-12H2,1-3H3/p+1/t13-/m0/s1. The van der Waals surface area contributed by atoms with Crippen molar-refractivity contribution in [2.45, 2.75) is 39.8 Å². The average Bonchev–Trinajstić information content (AvgIpc) is 3.06. The first kappa shape index (κ1) is 18.5. The highest BCUT2D eigenvalue weighted by Crippen LogP contribution is 2.27. The van der Waals surface area contributed by atoms with Crippen LogP contribution in [0.4, 0.5) is 16.0 Å². The lowest BCUT2D eigenvalue weighted by Gasteiger charge is -2.26. The zero-order valence-electron chi connectivity index (χ0n) is 16.4. The molecule has 2 aromatic heterocycles. The van der Waals surface area contributed by atoms with Gasteiger partial charge in [0.15, 0.2) is 0 Å². The number of unbranched alkanes of at least 4 members (excludes halogenated alkanes) is 1. The van der Waals surface area contributed by atoms with Gasteiger partial charge in [0, 0.05) is 19.5 Å². The van der Waals surface area contributed by atoms with E-state index in [9.17, 15) is 14.0 Å². The topological polar surface area (TPSA) is 66.9 Å². The van der Waals surface area contributed by atoms with Gasteiger partial charge in [0.25, 0.3) is 5.56 Å². The molecule has 1 aliphatic rings. The van der Waals surface area contributed by atoms with Crippen molar-refractivity contribution in [3.8, 4) is 0 Å². The van der Waals surface area contributed by atoms with Crippen molar-refractivity contribution in [1.29, 1.82) is 0 Å². The molecule has 4 rings (SSSR count). The molecule has 0 spiro atoms. The van der Waals surface area contributed by atoms with Crippen LogP contribution in [0.2, 0.25) is 0 Å². The van der Waals surface area contributed by atoms with Gasteiger partial charge in [0.1, 0.15) is 11.5 Å². The number of hydrogen-bond acceptors (Lipinski definition) is 3. The number of nitrogens with zero attached hydrogens (tertiary/aromatic N) is 4. The number of imidazole rings is 1. The Hall–Kier alpha value is -2.90. The molecule has 0 aliphatic carbocycles. The minimum absolute atomic E-state index is 0.262. The quantitative estimate of drug-likeness (QED) is 0.698. The Balaban J connectivity index is 1.96. The molecule has 0 unspecified atom stereocenters. The van der Waals surface area contributed by atoms with Crippen LogP contribution >= 0.6 is 0 Å². The molecule has 0 saturated heterocycles. The van der Waals surface area contributed by atoms with Gasteiger partial charge in [-0.2, -0.15) is 0 Å². The van der Waals surface area contributed by atoms with Crippen LogP contribution in [0.5, 0.6) is 0 Å². The van der Waals surface area contributed by atoms with Crippen molar-refractivity contribution < 1.29 is 8.96 Å². The van der Waals surface area contributed by atoms with Gasteiger partial charge in [-0.3, -0.25) is 13.9 Å². The normalized spacial score (nSPS) is 16.6. The number of benzene rings is 1. The summed E-state index contributed by atoms with van der Waals surface area (Å²) in [6.07, 6.45) is 1.68. The zero-order valence-corrected chi connectivity index (χ0v) is 16.4. The predicted molar refractivity (Wildman–Crippen MR) is 105 cm³/mol. The maximum Gasteiger partial charge on any atom is 0.364 e. The fourth-order valence-electron chi connectivity index (χ4n) is 3.94. The van der Waals surface area contributed by atoms with Crippen molar-refractivity contribution in [3.63, 3.8) is 0 Å². The molecule has 3 heterocycles. The first-order valence-electron chi connectivity index (χ1n) is 9.70. The summed E-state index contributed by atoms with van der Waals surface area (Å²) in [6.45, 7) is 5.96. The van der Waals surface area contributed by atoms with Crippen LogP contribution in [0, 0.1) is 11.7 Å². The van der Waals surface area contributed by atoms with Crippen molar-refractivity contribution >= 4 is 22.8 Å². The molecule has 28 heavy (non-hydrogen) atoms. The number of nitrogens with one attached hydrogen (secondary N) is 1. The first-order chi connectivity index (χ1) is 13.4. The molecule has 0 radical (unpaired) electrons. The number of aryl methyl sites for hydroxylation is 1. The second-order valence-corrected chi connectivity index (χ2v) is 7.60. The van der Waals surface area contributed by atoms with E-state index in [1.807, 2.05) is 16.4 Å². The lowest BCUT2D eigenvalue weighted by molar-refractivity contribution is -0.669. The number of fused-ring (bicyclic) bond motifs is 3. The van der Waals surface area contributed by atoms with Gasteiger partial charge in [0.05, 0.1) is 13.1 Å². The summed E-state index contributed by atoms with van der Waals surface area (Å²) < 4.78 is 18.2. The number of hydrogen-bond donors (Lipinski definition) is 1. The number of anilines is 2. The molecular weight excluding hydrogens is 361 g/mol. The van der Waals surface area contributed by atoms with E-state index in [1.165, 1.54) is 21.3 Å². The summed E-state index contributed by atoms with van der Waals surface area (Å²) in [5.74, 6) is 0.724. The molecule has 0 saturated carbocycles. The van der Waals surface area contributed by atoms with Crippen molar-refractivity contribution in [3.05, 3.63) is 50.9 Å². The Bertz CT molecular complexity index is 1140. The number of rotatable bonds is 4. The summed E-state index contributed by atoms with van der Waals surface area (Å²) >= 11 is 0.